The lowest BCUT2D eigenvalue weighted by molar-refractivity contribution is -0.106. The standard InChI is InChI=1S/C9H9NO.CH3NO/c1-6-4-3-5-8-9(6)7(2)10-11-8;2-1-3/h3-5H,1-2H3;1H,(H2,2,3). The second kappa shape index (κ2) is 4.41. The van der Waals surface area contributed by atoms with Gasteiger partial charge in [-0.3, -0.25) is 4.79 Å². The third kappa shape index (κ3) is 1.90. The Morgan fingerprint density at radius 1 is 1.43 bits per heavy atom. The highest BCUT2D eigenvalue weighted by atomic mass is 16.5. The highest BCUT2D eigenvalue weighted by molar-refractivity contribution is 5.82. The average molecular weight is 192 g/mol. The number of amides is 1. The van der Waals surface area contributed by atoms with E-state index in [0.29, 0.717) is 0 Å². The number of hydrogen-bond acceptors (Lipinski definition) is 3. The van der Waals surface area contributed by atoms with Crippen molar-refractivity contribution in [1.82, 2.24) is 5.16 Å². The zero-order valence-corrected chi connectivity index (χ0v) is 8.15. The van der Waals surface area contributed by atoms with Gasteiger partial charge in [0.25, 0.3) is 0 Å². The minimum atomic E-state index is 0.250. The minimum Gasteiger partial charge on any atom is -0.372 e. The van der Waals surface area contributed by atoms with Crippen LogP contribution in [0.15, 0.2) is 22.7 Å². The van der Waals surface area contributed by atoms with E-state index in [-0.39, 0.29) is 6.41 Å². The van der Waals surface area contributed by atoms with Crippen molar-refractivity contribution >= 4 is 17.4 Å². The Hall–Kier alpha value is -1.84. The molecular formula is C10H12N2O2. The quantitative estimate of drug-likeness (QED) is 0.644. The van der Waals surface area contributed by atoms with Crippen LogP contribution in [0.3, 0.4) is 0 Å². The molecule has 0 saturated heterocycles. The molecule has 0 aliphatic heterocycles. The van der Waals surface area contributed by atoms with Gasteiger partial charge in [-0.2, -0.15) is 0 Å². The molecule has 1 aromatic heterocycles. The lowest BCUT2D eigenvalue weighted by Crippen LogP contribution is -1.82. The summed E-state index contributed by atoms with van der Waals surface area (Å²) >= 11 is 0. The smallest absolute Gasteiger partial charge is 0.204 e. The predicted molar refractivity (Wildman–Crippen MR) is 53.7 cm³/mol. The van der Waals surface area contributed by atoms with Crippen molar-refractivity contribution in [2.24, 2.45) is 5.73 Å². The van der Waals surface area contributed by atoms with Gasteiger partial charge in [-0.15, -0.1) is 0 Å². The number of primary amides is 1. The fourth-order valence-corrected chi connectivity index (χ4v) is 1.34. The van der Waals surface area contributed by atoms with Crippen molar-refractivity contribution in [3.05, 3.63) is 29.5 Å². The van der Waals surface area contributed by atoms with Crippen LogP contribution in [-0.2, 0) is 4.79 Å². The van der Waals surface area contributed by atoms with E-state index in [9.17, 15) is 0 Å². The topological polar surface area (TPSA) is 69.1 Å². The van der Waals surface area contributed by atoms with Crippen LogP contribution in [0.25, 0.3) is 11.0 Å². The number of carbonyl (C=O) groups excluding carboxylic acids is 1. The van der Waals surface area contributed by atoms with Crippen molar-refractivity contribution < 1.29 is 9.32 Å². The van der Waals surface area contributed by atoms with Crippen LogP contribution in [0.2, 0.25) is 0 Å². The van der Waals surface area contributed by atoms with Gasteiger partial charge in [0, 0.05) is 5.39 Å². The van der Waals surface area contributed by atoms with Crippen LogP contribution in [0.1, 0.15) is 11.3 Å². The molecule has 4 nitrogen and oxygen atoms in total. The Morgan fingerprint density at radius 2 is 2.07 bits per heavy atom. The Balaban J connectivity index is 0.000000293. The van der Waals surface area contributed by atoms with Gasteiger partial charge < -0.3 is 10.3 Å². The maximum atomic E-state index is 8.58. The molecule has 0 fully saturated rings. The van der Waals surface area contributed by atoms with Gasteiger partial charge in [0.05, 0.1) is 5.69 Å². The number of aryl methyl sites for hydroxylation is 2. The normalized spacial score (nSPS) is 9.29. The first kappa shape index (κ1) is 10.2. The fraction of sp³-hybridized carbons (Fsp3) is 0.200. The zero-order valence-electron chi connectivity index (χ0n) is 8.15. The molecule has 1 aromatic carbocycles. The Kier molecular flexibility index (Phi) is 3.23. The molecule has 1 amide bonds. The molecule has 0 aliphatic rings. The molecule has 0 saturated carbocycles. The number of rotatable bonds is 0. The molecule has 14 heavy (non-hydrogen) atoms. The van der Waals surface area contributed by atoms with Crippen LogP contribution >= 0.6 is 0 Å². The van der Waals surface area contributed by atoms with Gasteiger partial charge in [-0.05, 0) is 25.5 Å². The molecule has 2 N–H and O–H groups in total. The number of aromatic nitrogens is 1. The van der Waals surface area contributed by atoms with Crippen LogP contribution in [0, 0.1) is 13.8 Å². The molecule has 4 heteroatoms. The summed E-state index contributed by atoms with van der Waals surface area (Å²) in [5, 5.41) is 5.03. The molecule has 0 bridgehead atoms. The van der Waals surface area contributed by atoms with E-state index in [1.54, 1.807) is 0 Å². The van der Waals surface area contributed by atoms with Crippen LogP contribution in [0.4, 0.5) is 0 Å². The SMILES string of the molecule is Cc1cccc2onc(C)c12.NC=O. The first-order chi connectivity index (χ1) is 6.70. The summed E-state index contributed by atoms with van der Waals surface area (Å²) in [6, 6.07) is 5.97. The average Bonchev–Trinajstić information content (AvgIpc) is 2.51. The summed E-state index contributed by atoms with van der Waals surface area (Å²) in [6.07, 6.45) is 0.250. The molecule has 2 aromatic rings. The van der Waals surface area contributed by atoms with Crippen LogP contribution < -0.4 is 5.73 Å². The van der Waals surface area contributed by atoms with Gasteiger partial charge in [-0.1, -0.05) is 17.3 Å². The number of nitrogens with two attached hydrogens (primary N) is 1. The van der Waals surface area contributed by atoms with Crippen LogP contribution in [-0.4, -0.2) is 11.6 Å². The molecule has 0 spiro atoms. The third-order valence-corrected chi connectivity index (χ3v) is 1.88. The Labute approximate surface area is 81.7 Å². The van der Waals surface area contributed by atoms with Crippen LogP contribution in [0.5, 0.6) is 0 Å². The number of fused-ring (bicyclic) bond motifs is 1. The monoisotopic (exact) mass is 192 g/mol. The lowest BCUT2D eigenvalue weighted by Gasteiger charge is -1.91. The molecule has 2 rings (SSSR count). The molecule has 0 aliphatic carbocycles. The highest BCUT2D eigenvalue weighted by Gasteiger charge is 2.04. The number of carbonyl (C=O) groups is 1. The number of hydrogen-bond donors (Lipinski definition) is 1. The largest absolute Gasteiger partial charge is 0.372 e. The van der Waals surface area contributed by atoms with Gasteiger partial charge in [0.15, 0.2) is 5.58 Å². The van der Waals surface area contributed by atoms with E-state index in [0.717, 1.165) is 16.7 Å². The summed E-state index contributed by atoms with van der Waals surface area (Å²) in [6.45, 7) is 4.02. The maximum Gasteiger partial charge on any atom is 0.204 e. The second-order valence-electron chi connectivity index (χ2n) is 2.85. The molecule has 0 unspecified atom stereocenters. The van der Waals surface area contributed by atoms with Crippen molar-refractivity contribution in [2.75, 3.05) is 0 Å². The molecule has 0 atom stereocenters. The van der Waals surface area contributed by atoms with Crippen molar-refractivity contribution in [3.63, 3.8) is 0 Å². The zero-order chi connectivity index (χ0) is 10.6. The minimum absolute atomic E-state index is 0.250. The summed E-state index contributed by atoms with van der Waals surface area (Å²) in [7, 11) is 0. The first-order valence-electron chi connectivity index (χ1n) is 4.17. The Morgan fingerprint density at radius 3 is 2.64 bits per heavy atom. The highest BCUT2D eigenvalue weighted by Crippen LogP contribution is 2.20. The Bertz CT molecular complexity index is 435. The summed E-state index contributed by atoms with van der Waals surface area (Å²) in [5.74, 6) is 0. The number of nitrogens with zero attached hydrogens (tertiary/aromatic N) is 1. The maximum absolute atomic E-state index is 8.58. The predicted octanol–water partition coefficient (Wildman–Crippen LogP) is 1.55. The lowest BCUT2D eigenvalue weighted by atomic mass is 10.1. The van der Waals surface area contributed by atoms with E-state index < -0.39 is 0 Å². The molecular weight excluding hydrogens is 180 g/mol. The molecule has 0 radical (unpaired) electrons. The van der Waals surface area contributed by atoms with Gasteiger partial charge >= 0.3 is 0 Å². The first-order valence-corrected chi connectivity index (χ1v) is 4.17. The number of benzene rings is 1. The van der Waals surface area contributed by atoms with E-state index in [4.69, 9.17) is 9.32 Å². The molecule has 1 heterocycles. The van der Waals surface area contributed by atoms with E-state index in [1.807, 2.05) is 19.1 Å². The summed E-state index contributed by atoms with van der Waals surface area (Å²) < 4.78 is 5.08. The van der Waals surface area contributed by atoms with E-state index in [1.165, 1.54) is 5.56 Å². The van der Waals surface area contributed by atoms with Crippen molar-refractivity contribution in [3.8, 4) is 0 Å². The summed E-state index contributed by atoms with van der Waals surface area (Å²) in [5.41, 5.74) is 7.24. The fourth-order valence-electron chi connectivity index (χ4n) is 1.34. The van der Waals surface area contributed by atoms with E-state index >= 15 is 0 Å². The third-order valence-electron chi connectivity index (χ3n) is 1.88. The van der Waals surface area contributed by atoms with Gasteiger partial charge in [0.2, 0.25) is 6.41 Å². The second-order valence-corrected chi connectivity index (χ2v) is 2.85. The van der Waals surface area contributed by atoms with Gasteiger partial charge in [0.1, 0.15) is 0 Å². The van der Waals surface area contributed by atoms with Gasteiger partial charge in [-0.25, -0.2) is 0 Å². The summed E-state index contributed by atoms with van der Waals surface area (Å²) in [4.78, 5) is 8.58. The van der Waals surface area contributed by atoms with E-state index in [2.05, 4.69) is 23.9 Å². The van der Waals surface area contributed by atoms with Crippen molar-refractivity contribution in [2.45, 2.75) is 13.8 Å². The van der Waals surface area contributed by atoms with Crippen molar-refractivity contribution in [1.29, 1.82) is 0 Å². The molecule has 74 valence electrons.